The van der Waals surface area contributed by atoms with Gasteiger partial charge in [0, 0.05) is 5.39 Å². The number of furan rings is 1. The van der Waals surface area contributed by atoms with Crippen LogP contribution in [0, 0.1) is 6.92 Å². The molecule has 2 atom stereocenters. The van der Waals surface area contributed by atoms with Crippen LogP contribution >= 0.6 is 0 Å². The standard InChI is InChI=1S/C17H19N3O.ClH/c1-11-7-5-6-10-20(11)17-16-15(18-12(2)19-17)13-8-3-4-9-14(13)21-16;/h3-4,8-9,11H,5-7,10H2,1-2H3;1H. The van der Waals surface area contributed by atoms with E-state index < -0.39 is 0 Å². The van der Waals surface area contributed by atoms with Gasteiger partial charge in [-0.15, -0.1) is 0 Å². The molecule has 116 valence electrons. The molecule has 0 bridgehead atoms. The molecule has 0 spiro atoms. The smallest absolute Gasteiger partial charge is 0.273 e. The first-order valence-electron chi connectivity index (χ1n) is 7.76. The zero-order valence-corrected chi connectivity index (χ0v) is 13.7. The summed E-state index contributed by atoms with van der Waals surface area (Å²) in [6, 6.07) is 8.70. The topological polar surface area (TPSA) is 43.4 Å². The number of nitrogens with one attached hydrogen (secondary N) is 1. The third kappa shape index (κ3) is 2.36. The summed E-state index contributed by atoms with van der Waals surface area (Å²) in [7, 11) is 0. The van der Waals surface area contributed by atoms with E-state index in [1.807, 2.05) is 25.1 Å². The van der Waals surface area contributed by atoms with Crippen molar-refractivity contribution in [1.82, 2.24) is 9.97 Å². The van der Waals surface area contributed by atoms with E-state index in [1.54, 1.807) is 0 Å². The van der Waals surface area contributed by atoms with Gasteiger partial charge >= 0.3 is 0 Å². The number of halogens is 1. The molecule has 3 heterocycles. The van der Waals surface area contributed by atoms with Crippen molar-refractivity contribution >= 4 is 27.9 Å². The van der Waals surface area contributed by atoms with Crippen molar-refractivity contribution in [3.8, 4) is 0 Å². The molecule has 22 heavy (non-hydrogen) atoms. The highest BCUT2D eigenvalue weighted by atomic mass is 35.5. The van der Waals surface area contributed by atoms with E-state index in [0.29, 0.717) is 6.04 Å². The van der Waals surface area contributed by atoms with Crippen molar-refractivity contribution in [2.75, 3.05) is 6.54 Å². The molecule has 3 aromatic rings. The lowest BCUT2D eigenvalue weighted by Gasteiger charge is -2.28. The average molecular weight is 318 g/mol. The Bertz CT molecular complexity index is 814. The lowest BCUT2D eigenvalue weighted by atomic mass is 10.0. The van der Waals surface area contributed by atoms with Crippen LogP contribution in [0.3, 0.4) is 0 Å². The number of nitrogens with zero attached hydrogens (tertiary/aromatic N) is 2. The monoisotopic (exact) mass is 317 g/mol. The maximum absolute atomic E-state index is 6.09. The molecule has 1 aliphatic heterocycles. The molecule has 2 unspecified atom stereocenters. The minimum absolute atomic E-state index is 0. The van der Waals surface area contributed by atoms with Crippen molar-refractivity contribution < 1.29 is 21.7 Å². The first-order valence-corrected chi connectivity index (χ1v) is 7.76. The van der Waals surface area contributed by atoms with E-state index in [4.69, 9.17) is 9.40 Å². The molecule has 1 fully saturated rings. The summed E-state index contributed by atoms with van der Waals surface area (Å²) in [5.74, 6) is 1.87. The van der Waals surface area contributed by atoms with Crippen molar-refractivity contribution in [2.45, 2.75) is 39.2 Å². The van der Waals surface area contributed by atoms with Crippen LogP contribution in [0.1, 0.15) is 32.0 Å². The van der Waals surface area contributed by atoms with Crippen molar-refractivity contribution in [1.29, 1.82) is 0 Å². The summed E-state index contributed by atoms with van der Waals surface area (Å²) in [5.41, 5.74) is 2.72. The molecule has 0 radical (unpaired) electrons. The fraction of sp³-hybridized carbons (Fsp3) is 0.412. The van der Waals surface area contributed by atoms with Gasteiger partial charge in [0.05, 0.1) is 12.6 Å². The number of rotatable bonds is 1. The number of hydrogen-bond acceptors (Lipinski definition) is 3. The van der Waals surface area contributed by atoms with Crippen molar-refractivity contribution in [3.63, 3.8) is 0 Å². The summed E-state index contributed by atoms with van der Waals surface area (Å²) in [6.07, 6.45) is 3.82. The Hall–Kier alpha value is -1.65. The Morgan fingerprint density at radius 3 is 2.82 bits per heavy atom. The minimum atomic E-state index is 0. The molecule has 2 aromatic heterocycles. The molecule has 1 aliphatic rings. The maximum atomic E-state index is 6.09. The number of fused-ring (bicyclic) bond motifs is 3. The van der Waals surface area contributed by atoms with E-state index in [1.165, 1.54) is 24.2 Å². The van der Waals surface area contributed by atoms with Gasteiger partial charge in [-0.2, -0.15) is 4.98 Å². The van der Waals surface area contributed by atoms with E-state index in [2.05, 4.69) is 18.0 Å². The highest BCUT2D eigenvalue weighted by Gasteiger charge is 2.29. The summed E-state index contributed by atoms with van der Waals surface area (Å²) in [6.45, 7) is 5.41. The molecular weight excluding hydrogens is 298 g/mol. The predicted octanol–water partition coefficient (Wildman–Crippen LogP) is -0.223. The molecule has 4 nitrogen and oxygen atoms in total. The average Bonchev–Trinajstić information content (AvgIpc) is 2.86. The van der Waals surface area contributed by atoms with Gasteiger partial charge in [-0.3, -0.25) is 4.90 Å². The van der Waals surface area contributed by atoms with Crippen LogP contribution in [0.4, 0.5) is 5.82 Å². The molecule has 1 saturated heterocycles. The minimum Gasteiger partial charge on any atom is -1.00 e. The summed E-state index contributed by atoms with van der Waals surface area (Å²) >= 11 is 0. The molecule has 1 N–H and O–H groups in total. The Balaban J connectivity index is 0.00000144. The van der Waals surface area contributed by atoms with Gasteiger partial charge in [0.2, 0.25) is 5.58 Å². The summed E-state index contributed by atoms with van der Waals surface area (Å²) < 4.78 is 6.09. The zero-order valence-electron chi connectivity index (χ0n) is 12.9. The molecule has 5 heteroatoms. The molecule has 4 rings (SSSR count). The van der Waals surface area contributed by atoms with E-state index in [-0.39, 0.29) is 12.4 Å². The second kappa shape index (κ2) is 5.86. The predicted molar refractivity (Wildman–Crippen MR) is 82.8 cm³/mol. The number of piperidine rings is 1. The Morgan fingerprint density at radius 2 is 2.00 bits per heavy atom. The van der Waals surface area contributed by atoms with Gasteiger partial charge < -0.3 is 16.8 Å². The van der Waals surface area contributed by atoms with Gasteiger partial charge in [-0.25, -0.2) is 4.98 Å². The quantitative estimate of drug-likeness (QED) is 0.675. The number of para-hydroxylation sites is 1. The van der Waals surface area contributed by atoms with Crippen molar-refractivity contribution in [3.05, 3.63) is 30.1 Å². The van der Waals surface area contributed by atoms with Crippen molar-refractivity contribution in [2.24, 2.45) is 0 Å². The lowest BCUT2D eigenvalue weighted by Crippen LogP contribution is -3.12. The number of aryl methyl sites for hydroxylation is 1. The highest BCUT2D eigenvalue weighted by molar-refractivity contribution is 6.04. The molecular formula is C17H20ClN3O. The van der Waals surface area contributed by atoms with E-state index >= 15 is 0 Å². The Labute approximate surface area is 135 Å². The highest BCUT2D eigenvalue weighted by Crippen LogP contribution is 2.30. The Morgan fingerprint density at radius 1 is 1.18 bits per heavy atom. The largest absolute Gasteiger partial charge is 1.00 e. The Kier molecular flexibility index (Phi) is 4.06. The fourth-order valence-electron chi connectivity index (χ4n) is 3.46. The number of hydrogen-bond donors (Lipinski definition) is 1. The summed E-state index contributed by atoms with van der Waals surface area (Å²) in [5, 5.41) is 1.09. The van der Waals surface area contributed by atoms with Gasteiger partial charge in [0.1, 0.15) is 16.9 Å². The van der Waals surface area contributed by atoms with Gasteiger partial charge in [0.25, 0.3) is 5.82 Å². The van der Waals surface area contributed by atoms with Crippen LogP contribution in [-0.2, 0) is 0 Å². The first-order chi connectivity index (χ1) is 10.2. The molecule has 1 aromatic carbocycles. The van der Waals surface area contributed by atoms with Crippen LogP contribution in [0.15, 0.2) is 28.7 Å². The van der Waals surface area contributed by atoms with Crippen LogP contribution in [0.25, 0.3) is 22.1 Å². The normalized spacial score (nSPS) is 21.9. The number of benzene rings is 1. The van der Waals surface area contributed by atoms with Gasteiger partial charge in [0.15, 0.2) is 0 Å². The fourth-order valence-corrected chi connectivity index (χ4v) is 3.46. The van der Waals surface area contributed by atoms with Gasteiger partial charge in [-0.05, 0) is 45.2 Å². The van der Waals surface area contributed by atoms with Gasteiger partial charge in [-0.1, -0.05) is 12.1 Å². The van der Waals surface area contributed by atoms with Crippen LogP contribution in [0.5, 0.6) is 0 Å². The third-order valence-corrected chi connectivity index (χ3v) is 4.56. The second-order valence-corrected chi connectivity index (χ2v) is 6.07. The summed E-state index contributed by atoms with van der Waals surface area (Å²) in [4.78, 5) is 10.8. The second-order valence-electron chi connectivity index (χ2n) is 6.07. The molecule has 0 aliphatic carbocycles. The third-order valence-electron chi connectivity index (χ3n) is 4.56. The van der Waals surface area contributed by atoms with E-state index in [9.17, 15) is 0 Å². The molecule has 0 amide bonds. The van der Waals surface area contributed by atoms with Crippen LogP contribution in [0.2, 0.25) is 0 Å². The molecule has 0 saturated carbocycles. The van der Waals surface area contributed by atoms with E-state index in [0.717, 1.165) is 40.3 Å². The maximum Gasteiger partial charge on any atom is 0.273 e. The SMILES string of the molecule is Cc1nc([NH+]2CCCCC2C)c2oc3ccccc3c2n1.[Cl-]. The van der Waals surface area contributed by atoms with Crippen LogP contribution in [-0.4, -0.2) is 22.6 Å². The number of aromatic nitrogens is 2. The van der Waals surface area contributed by atoms with Crippen LogP contribution < -0.4 is 17.3 Å². The lowest BCUT2D eigenvalue weighted by molar-refractivity contribution is -0.865. The number of quaternary nitrogens is 1. The zero-order chi connectivity index (χ0) is 14.4. The first kappa shape index (κ1) is 15.3.